The van der Waals surface area contributed by atoms with E-state index in [4.69, 9.17) is 9.47 Å². The smallest absolute Gasteiger partial charge is 0.126 e. The zero-order valence-electron chi connectivity index (χ0n) is 16.2. The summed E-state index contributed by atoms with van der Waals surface area (Å²) < 4.78 is 11.1. The lowest BCUT2D eigenvalue weighted by molar-refractivity contribution is 0.389. The highest BCUT2D eigenvalue weighted by Crippen LogP contribution is 2.38. The van der Waals surface area contributed by atoms with Gasteiger partial charge in [0.2, 0.25) is 0 Å². The largest absolute Gasteiger partial charge is 0.497 e. The molecule has 0 fully saturated rings. The van der Waals surface area contributed by atoms with Crippen LogP contribution in [-0.4, -0.2) is 24.4 Å². The lowest BCUT2D eigenvalue weighted by Crippen LogP contribution is -2.07. The van der Waals surface area contributed by atoms with Crippen LogP contribution in [0.2, 0.25) is 0 Å². The molecule has 1 unspecified atom stereocenters. The number of aromatic amines is 1. The summed E-state index contributed by atoms with van der Waals surface area (Å²) in [6.45, 7) is 0. The first-order valence-electron chi connectivity index (χ1n) is 9.49. The van der Waals surface area contributed by atoms with Gasteiger partial charge in [-0.3, -0.25) is 5.10 Å². The molecule has 1 aromatic heterocycles. The summed E-state index contributed by atoms with van der Waals surface area (Å²) in [5.41, 5.74) is 4.56. The quantitative estimate of drug-likeness (QED) is 0.476. The molecule has 28 heavy (non-hydrogen) atoms. The van der Waals surface area contributed by atoms with E-state index in [0.29, 0.717) is 0 Å². The molecule has 3 aromatic carbocycles. The average molecular weight is 372 g/mol. The van der Waals surface area contributed by atoms with Crippen LogP contribution in [0, 0.1) is 0 Å². The molecule has 0 aliphatic rings. The van der Waals surface area contributed by atoms with Gasteiger partial charge in [0.1, 0.15) is 11.5 Å². The first-order chi connectivity index (χ1) is 13.8. The van der Waals surface area contributed by atoms with Crippen LogP contribution >= 0.6 is 0 Å². The summed E-state index contributed by atoms with van der Waals surface area (Å²) in [5.74, 6) is 1.75. The number of fused-ring (bicyclic) bond motifs is 1. The lowest BCUT2D eigenvalue weighted by Gasteiger charge is -2.20. The molecule has 0 saturated heterocycles. The highest BCUT2D eigenvalue weighted by Gasteiger charge is 2.23. The molecule has 4 rings (SSSR count). The van der Waals surface area contributed by atoms with Crippen LogP contribution in [0.15, 0.2) is 72.8 Å². The third kappa shape index (κ3) is 3.58. The van der Waals surface area contributed by atoms with E-state index in [1.165, 1.54) is 5.56 Å². The van der Waals surface area contributed by atoms with E-state index < -0.39 is 0 Å². The van der Waals surface area contributed by atoms with E-state index in [1.807, 2.05) is 24.3 Å². The van der Waals surface area contributed by atoms with Crippen LogP contribution in [0.3, 0.4) is 0 Å². The Morgan fingerprint density at radius 3 is 2.46 bits per heavy atom. The number of nitrogens with one attached hydrogen (secondary N) is 1. The van der Waals surface area contributed by atoms with Crippen molar-refractivity contribution in [2.75, 3.05) is 14.2 Å². The Kier molecular flexibility index (Phi) is 5.29. The van der Waals surface area contributed by atoms with Crippen molar-refractivity contribution in [3.8, 4) is 11.5 Å². The first kappa shape index (κ1) is 18.1. The molecular weight excluding hydrogens is 348 g/mol. The summed E-state index contributed by atoms with van der Waals surface area (Å²) in [7, 11) is 3.38. The highest BCUT2D eigenvalue weighted by atomic mass is 16.5. The molecular formula is C24H24N2O2. The molecule has 1 N–H and O–H groups in total. The van der Waals surface area contributed by atoms with Crippen molar-refractivity contribution in [1.82, 2.24) is 10.2 Å². The average Bonchev–Trinajstić information content (AvgIpc) is 3.19. The summed E-state index contributed by atoms with van der Waals surface area (Å²) in [4.78, 5) is 0. The van der Waals surface area contributed by atoms with Crippen LogP contribution in [0.1, 0.15) is 29.2 Å². The molecule has 142 valence electrons. The van der Waals surface area contributed by atoms with Crippen LogP contribution in [0.4, 0.5) is 0 Å². The van der Waals surface area contributed by atoms with Crippen molar-refractivity contribution >= 4 is 10.9 Å². The van der Waals surface area contributed by atoms with Gasteiger partial charge in [0.15, 0.2) is 0 Å². The Labute approximate surface area is 165 Å². The number of hydrogen-bond acceptors (Lipinski definition) is 3. The van der Waals surface area contributed by atoms with Gasteiger partial charge < -0.3 is 9.47 Å². The van der Waals surface area contributed by atoms with Crippen LogP contribution < -0.4 is 9.47 Å². The maximum Gasteiger partial charge on any atom is 0.126 e. The monoisotopic (exact) mass is 372 g/mol. The van der Waals surface area contributed by atoms with Gasteiger partial charge >= 0.3 is 0 Å². The third-order valence-electron chi connectivity index (χ3n) is 5.22. The third-order valence-corrected chi connectivity index (χ3v) is 5.22. The zero-order valence-corrected chi connectivity index (χ0v) is 16.2. The summed E-state index contributed by atoms with van der Waals surface area (Å²) in [6.07, 6.45) is 1.91. The van der Waals surface area contributed by atoms with Crippen molar-refractivity contribution in [2.24, 2.45) is 0 Å². The molecule has 4 aromatic rings. The fourth-order valence-electron chi connectivity index (χ4n) is 3.76. The Hall–Kier alpha value is -3.27. The highest BCUT2D eigenvalue weighted by molar-refractivity contribution is 5.82. The molecule has 4 heteroatoms. The fourth-order valence-corrected chi connectivity index (χ4v) is 3.76. The molecule has 0 spiro atoms. The second kappa shape index (κ2) is 8.17. The van der Waals surface area contributed by atoms with Gasteiger partial charge in [-0.2, -0.15) is 5.10 Å². The molecule has 0 bridgehead atoms. The number of hydrogen-bond donors (Lipinski definition) is 1. The van der Waals surface area contributed by atoms with Crippen molar-refractivity contribution < 1.29 is 9.47 Å². The fraction of sp³-hybridized carbons (Fsp3) is 0.208. The SMILES string of the molecule is COc1ccc(C(CCc2ccccc2)c2[nH]nc3ccccc23)c(OC)c1. The van der Waals surface area contributed by atoms with E-state index in [2.05, 4.69) is 58.7 Å². The number of aromatic nitrogens is 2. The topological polar surface area (TPSA) is 47.1 Å². The molecule has 0 aliphatic heterocycles. The normalized spacial score (nSPS) is 12.1. The number of rotatable bonds is 7. The van der Waals surface area contributed by atoms with Crippen molar-refractivity contribution in [3.05, 3.63) is 89.6 Å². The van der Waals surface area contributed by atoms with Gasteiger partial charge in [-0.05, 0) is 30.5 Å². The summed E-state index contributed by atoms with van der Waals surface area (Å²) in [5, 5.41) is 8.96. The van der Waals surface area contributed by atoms with Gasteiger partial charge in [0.05, 0.1) is 25.4 Å². The molecule has 1 atom stereocenters. The first-order valence-corrected chi connectivity index (χ1v) is 9.49. The number of H-pyrrole nitrogens is 1. The van der Waals surface area contributed by atoms with Gasteiger partial charge in [0.25, 0.3) is 0 Å². The van der Waals surface area contributed by atoms with E-state index >= 15 is 0 Å². The van der Waals surface area contributed by atoms with E-state index in [9.17, 15) is 0 Å². The number of methoxy groups -OCH3 is 2. The van der Waals surface area contributed by atoms with Gasteiger partial charge in [-0.25, -0.2) is 0 Å². The molecule has 4 nitrogen and oxygen atoms in total. The van der Waals surface area contributed by atoms with E-state index in [-0.39, 0.29) is 5.92 Å². The number of benzene rings is 3. The van der Waals surface area contributed by atoms with Crippen LogP contribution in [0.5, 0.6) is 11.5 Å². The van der Waals surface area contributed by atoms with E-state index in [1.54, 1.807) is 14.2 Å². The van der Waals surface area contributed by atoms with Crippen molar-refractivity contribution in [1.29, 1.82) is 0 Å². The molecule has 0 aliphatic carbocycles. The Balaban J connectivity index is 1.77. The predicted octanol–water partition coefficient (Wildman–Crippen LogP) is 5.34. The predicted molar refractivity (Wildman–Crippen MR) is 112 cm³/mol. The van der Waals surface area contributed by atoms with E-state index in [0.717, 1.165) is 46.5 Å². The van der Waals surface area contributed by atoms with Crippen molar-refractivity contribution in [3.63, 3.8) is 0 Å². The van der Waals surface area contributed by atoms with Gasteiger partial charge in [0, 0.05) is 22.9 Å². The Bertz CT molecular complexity index is 1060. The standard InChI is InChI=1S/C24H24N2O2/c1-27-18-13-15-19(23(16-18)28-2)20(14-12-17-8-4-3-5-9-17)24-21-10-6-7-11-22(21)25-26-24/h3-11,13,15-16,20H,12,14H2,1-2H3,(H,25,26). The second-order valence-corrected chi connectivity index (χ2v) is 6.84. The maximum absolute atomic E-state index is 5.72. The number of para-hydroxylation sites is 1. The summed E-state index contributed by atoms with van der Waals surface area (Å²) in [6, 6.07) is 24.8. The minimum Gasteiger partial charge on any atom is -0.497 e. The molecule has 0 amide bonds. The number of nitrogens with zero attached hydrogens (tertiary/aromatic N) is 1. The maximum atomic E-state index is 5.72. The minimum absolute atomic E-state index is 0.133. The lowest BCUT2D eigenvalue weighted by atomic mass is 9.87. The van der Waals surface area contributed by atoms with Crippen molar-refractivity contribution in [2.45, 2.75) is 18.8 Å². The summed E-state index contributed by atoms with van der Waals surface area (Å²) >= 11 is 0. The number of aryl methyl sites for hydroxylation is 1. The Morgan fingerprint density at radius 1 is 0.893 bits per heavy atom. The second-order valence-electron chi connectivity index (χ2n) is 6.84. The van der Waals surface area contributed by atoms with Crippen LogP contribution in [-0.2, 0) is 6.42 Å². The van der Waals surface area contributed by atoms with Crippen LogP contribution in [0.25, 0.3) is 10.9 Å². The molecule has 0 radical (unpaired) electrons. The number of ether oxygens (including phenoxy) is 2. The Morgan fingerprint density at radius 2 is 1.68 bits per heavy atom. The molecule has 0 saturated carbocycles. The van der Waals surface area contributed by atoms with Gasteiger partial charge in [-0.15, -0.1) is 0 Å². The zero-order chi connectivity index (χ0) is 19.3. The van der Waals surface area contributed by atoms with Gasteiger partial charge in [-0.1, -0.05) is 54.6 Å². The molecule has 1 heterocycles. The minimum atomic E-state index is 0.133.